The minimum Gasteiger partial charge on any atom is -0.368 e. The monoisotopic (exact) mass is 350 g/mol. The molecule has 1 atom stereocenters. The average molecular weight is 350 g/mol. The maximum atomic E-state index is 13.0. The van der Waals surface area contributed by atoms with E-state index in [2.05, 4.69) is 20.2 Å². The third kappa shape index (κ3) is 3.31. The summed E-state index contributed by atoms with van der Waals surface area (Å²) in [6.07, 6.45) is 4.68. The third-order valence-corrected chi connectivity index (χ3v) is 4.29. The Morgan fingerprint density at radius 3 is 2.88 bits per heavy atom. The molecule has 0 saturated carbocycles. The van der Waals surface area contributed by atoms with Gasteiger partial charge in [-0.1, -0.05) is 6.07 Å². The number of hydrogen-bond acceptors (Lipinski definition) is 6. The molecule has 3 heterocycles. The van der Waals surface area contributed by atoms with Crippen LogP contribution in [0.15, 0.2) is 49.2 Å². The lowest BCUT2D eigenvalue weighted by Crippen LogP contribution is -2.42. The van der Waals surface area contributed by atoms with E-state index in [4.69, 9.17) is 4.74 Å². The first-order chi connectivity index (χ1) is 12.7. The van der Waals surface area contributed by atoms with E-state index in [1.54, 1.807) is 28.3 Å². The molecular weight excluding hydrogens is 332 g/mol. The first-order valence-electron chi connectivity index (χ1n) is 8.36. The Morgan fingerprint density at radius 2 is 2.08 bits per heavy atom. The Hall–Kier alpha value is -3.13. The van der Waals surface area contributed by atoms with Crippen molar-refractivity contribution in [1.29, 1.82) is 0 Å². The molecule has 0 radical (unpaired) electrons. The standard InChI is InChI=1S/C18H18N6O2/c1-13-19-6-5-16(22-13)17-10-23(7-8-26-17)18(25)14-3-2-4-15(9-14)24-11-20-21-12-24/h2-6,9,11-12,17H,7-8,10H2,1H3/t17-/m1/s1. The van der Waals surface area contributed by atoms with Crippen LogP contribution in [-0.4, -0.2) is 55.2 Å². The predicted molar refractivity (Wildman–Crippen MR) is 92.7 cm³/mol. The number of amides is 1. The van der Waals surface area contributed by atoms with Gasteiger partial charge in [0.05, 0.1) is 18.8 Å². The van der Waals surface area contributed by atoms with E-state index >= 15 is 0 Å². The molecule has 1 aliphatic rings. The van der Waals surface area contributed by atoms with Crippen LogP contribution in [0.5, 0.6) is 0 Å². The number of hydrogen-bond donors (Lipinski definition) is 0. The van der Waals surface area contributed by atoms with Crippen LogP contribution in [0.3, 0.4) is 0 Å². The lowest BCUT2D eigenvalue weighted by Gasteiger charge is -2.32. The molecule has 0 aliphatic carbocycles. The summed E-state index contributed by atoms with van der Waals surface area (Å²) in [4.78, 5) is 23.3. The molecule has 3 aromatic rings. The highest BCUT2D eigenvalue weighted by Gasteiger charge is 2.27. The van der Waals surface area contributed by atoms with Crippen molar-refractivity contribution in [2.45, 2.75) is 13.0 Å². The van der Waals surface area contributed by atoms with Gasteiger partial charge in [0, 0.05) is 24.0 Å². The van der Waals surface area contributed by atoms with Crippen LogP contribution in [0.2, 0.25) is 0 Å². The van der Waals surface area contributed by atoms with Gasteiger partial charge < -0.3 is 9.64 Å². The van der Waals surface area contributed by atoms with E-state index in [1.165, 1.54) is 0 Å². The quantitative estimate of drug-likeness (QED) is 0.713. The molecule has 0 spiro atoms. The highest BCUT2D eigenvalue weighted by molar-refractivity contribution is 5.94. The van der Waals surface area contributed by atoms with E-state index in [1.807, 2.05) is 37.3 Å². The van der Waals surface area contributed by atoms with Gasteiger partial charge >= 0.3 is 0 Å². The summed E-state index contributed by atoms with van der Waals surface area (Å²) in [5.74, 6) is 0.662. The van der Waals surface area contributed by atoms with Gasteiger partial charge in [-0.2, -0.15) is 0 Å². The van der Waals surface area contributed by atoms with Crippen molar-refractivity contribution in [3.05, 3.63) is 66.3 Å². The number of morpholine rings is 1. The Labute approximate surface area is 150 Å². The van der Waals surface area contributed by atoms with Crippen molar-refractivity contribution < 1.29 is 9.53 Å². The number of benzene rings is 1. The normalized spacial score (nSPS) is 17.3. The van der Waals surface area contributed by atoms with Gasteiger partial charge in [-0.05, 0) is 31.2 Å². The van der Waals surface area contributed by atoms with Gasteiger partial charge in [0.2, 0.25) is 0 Å². The number of ether oxygens (including phenoxy) is 1. The molecule has 2 aromatic heterocycles. The van der Waals surface area contributed by atoms with E-state index in [0.29, 0.717) is 31.1 Å². The van der Waals surface area contributed by atoms with Gasteiger partial charge in [-0.15, -0.1) is 10.2 Å². The van der Waals surface area contributed by atoms with Gasteiger partial charge in [0.1, 0.15) is 24.6 Å². The lowest BCUT2D eigenvalue weighted by molar-refractivity contribution is -0.0248. The molecule has 1 aliphatic heterocycles. The number of aryl methyl sites for hydroxylation is 1. The molecule has 8 nitrogen and oxygen atoms in total. The number of carbonyl (C=O) groups is 1. The van der Waals surface area contributed by atoms with Crippen LogP contribution in [-0.2, 0) is 4.74 Å². The third-order valence-electron chi connectivity index (χ3n) is 4.29. The molecule has 0 bridgehead atoms. The fraction of sp³-hybridized carbons (Fsp3) is 0.278. The van der Waals surface area contributed by atoms with Gasteiger partial charge in [-0.25, -0.2) is 9.97 Å². The van der Waals surface area contributed by atoms with Crippen molar-refractivity contribution in [2.24, 2.45) is 0 Å². The first-order valence-corrected chi connectivity index (χ1v) is 8.36. The van der Waals surface area contributed by atoms with Crippen molar-refractivity contribution in [3.8, 4) is 5.69 Å². The highest BCUT2D eigenvalue weighted by atomic mass is 16.5. The van der Waals surface area contributed by atoms with Gasteiger partial charge in [-0.3, -0.25) is 9.36 Å². The molecule has 4 rings (SSSR count). The maximum Gasteiger partial charge on any atom is 0.254 e. The SMILES string of the molecule is Cc1nccc([C@H]2CN(C(=O)c3cccc(-n4cnnc4)c3)CCO2)n1. The minimum absolute atomic E-state index is 0.0287. The number of rotatable bonds is 3. The molecule has 132 valence electrons. The summed E-state index contributed by atoms with van der Waals surface area (Å²) in [6, 6.07) is 9.25. The van der Waals surface area contributed by atoms with E-state index in [9.17, 15) is 4.79 Å². The summed E-state index contributed by atoms with van der Waals surface area (Å²) >= 11 is 0. The van der Waals surface area contributed by atoms with E-state index in [-0.39, 0.29) is 12.0 Å². The molecule has 0 N–H and O–H groups in total. The van der Waals surface area contributed by atoms with Crippen molar-refractivity contribution >= 4 is 5.91 Å². The summed E-state index contributed by atoms with van der Waals surface area (Å²) in [7, 11) is 0. The molecule has 26 heavy (non-hydrogen) atoms. The molecule has 1 saturated heterocycles. The molecule has 1 amide bonds. The van der Waals surface area contributed by atoms with Gasteiger partial charge in [0.15, 0.2) is 0 Å². The number of carbonyl (C=O) groups excluding carboxylic acids is 1. The minimum atomic E-state index is -0.240. The fourth-order valence-corrected chi connectivity index (χ4v) is 2.98. The summed E-state index contributed by atoms with van der Waals surface area (Å²) in [5, 5.41) is 7.61. The second-order valence-electron chi connectivity index (χ2n) is 6.06. The predicted octanol–water partition coefficient (Wildman–Crippen LogP) is 1.58. The summed E-state index contributed by atoms with van der Waals surface area (Å²) in [6.45, 7) is 3.33. The van der Waals surface area contributed by atoms with Crippen molar-refractivity contribution in [1.82, 2.24) is 29.6 Å². The molecule has 1 aromatic carbocycles. The highest BCUT2D eigenvalue weighted by Crippen LogP contribution is 2.22. The maximum absolute atomic E-state index is 13.0. The molecule has 8 heteroatoms. The second-order valence-corrected chi connectivity index (χ2v) is 6.06. The van der Waals surface area contributed by atoms with Crippen LogP contribution in [0.25, 0.3) is 5.69 Å². The molecule has 1 fully saturated rings. The van der Waals surface area contributed by atoms with Crippen LogP contribution in [0.4, 0.5) is 0 Å². The molecular formula is C18H18N6O2. The average Bonchev–Trinajstić information content (AvgIpc) is 3.22. The largest absolute Gasteiger partial charge is 0.368 e. The van der Waals surface area contributed by atoms with Crippen LogP contribution in [0.1, 0.15) is 28.0 Å². The zero-order valence-corrected chi connectivity index (χ0v) is 14.3. The Bertz CT molecular complexity index is 912. The number of aromatic nitrogens is 5. The Balaban J connectivity index is 1.54. The Morgan fingerprint density at radius 1 is 1.23 bits per heavy atom. The van der Waals surface area contributed by atoms with Crippen LogP contribution >= 0.6 is 0 Å². The summed E-state index contributed by atoms with van der Waals surface area (Å²) in [5.41, 5.74) is 2.26. The first kappa shape index (κ1) is 16.3. The van der Waals surface area contributed by atoms with Crippen molar-refractivity contribution in [2.75, 3.05) is 19.7 Å². The topological polar surface area (TPSA) is 86.0 Å². The van der Waals surface area contributed by atoms with Crippen LogP contribution < -0.4 is 0 Å². The van der Waals surface area contributed by atoms with Crippen molar-refractivity contribution in [3.63, 3.8) is 0 Å². The Kier molecular flexibility index (Phi) is 4.40. The van der Waals surface area contributed by atoms with Gasteiger partial charge in [0.25, 0.3) is 5.91 Å². The number of nitrogens with zero attached hydrogens (tertiary/aromatic N) is 6. The summed E-state index contributed by atoms with van der Waals surface area (Å²) < 4.78 is 7.58. The zero-order chi connectivity index (χ0) is 17.9. The zero-order valence-electron chi connectivity index (χ0n) is 14.3. The van der Waals surface area contributed by atoms with E-state index in [0.717, 1.165) is 11.4 Å². The smallest absolute Gasteiger partial charge is 0.254 e. The fourth-order valence-electron chi connectivity index (χ4n) is 2.98. The van der Waals surface area contributed by atoms with Crippen LogP contribution in [0, 0.1) is 6.92 Å². The van der Waals surface area contributed by atoms with E-state index < -0.39 is 0 Å². The second kappa shape index (κ2) is 7.01. The molecule has 0 unspecified atom stereocenters. The lowest BCUT2D eigenvalue weighted by atomic mass is 10.1.